The molecule has 0 N–H and O–H groups in total. The number of aryl methyl sites for hydroxylation is 3. The normalized spacial score (nSPS) is 13.6. The van der Waals surface area contributed by atoms with Crippen molar-refractivity contribution in [2.75, 3.05) is 0 Å². The molecule has 5 aromatic rings. The Morgan fingerprint density at radius 2 is 1.97 bits per heavy atom. The third-order valence-corrected chi connectivity index (χ3v) is 7.47. The Kier molecular flexibility index (Phi) is 3.68. The van der Waals surface area contributed by atoms with Gasteiger partial charge in [-0.15, -0.1) is 11.3 Å². The zero-order valence-electron chi connectivity index (χ0n) is 19.4. The number of nitrogens with zero attached hydrogens (tertiary/aromatic N) is 4. The van der Waals surface area contributed by atoms with E-state index in [1.165, 1.54) is 38.8 Å². The van der Waals surface area contributed by atoms with Gasteiger partial charge in [0.25, 0.3) is 6.33 Å². The van der Waals surface area contributed by atoms with Crippen LogP contribution in [0.5, 0.6) is 0 Å². The van der Waals surface area contributed by atoms with Crippen molar-refractivity contribution in [2.24, 2.45) is 7.05 Å². The number of benzene rings is 2. The topological polar surface area (TPSA) is 34.6 Å². The lowest BCUT2D eigenvalue weighted by Gasteiger charge is -2.17. The molecule has 0 aliphatic carbocycles. The molecule has 31 heavy (non-hydrogen) atoms. The van der Waals surface area contributed by atoms with Gasteiger partial charge in [0, 0.05) is 30.5 Å². The molecule has 0 saturated carbocycles. The van der Waals surface area contributed by atoms with Crippen molar-refractivity contribution in [3.8, 4) is 16.9 Å². The third kappa shape index (κ3) is 2.50. The second-order valence-electron chi connectivity index (χ2n) is 8.75. The lowest BCUT2D eigenvalue weighted by Crippen LogP contribution is -2.32. The van der Waals surface area contributed by atoms with E-state index in [9.17, 15) is 0 Å². The van der Waals surface area contributed by atoms with E-state index in [0.29, 0.717) is 0 Å². The molecular formula is C26H25N4S+. The Bertz CT molecular complexity index is 1570. The second-order valence-corrected chi connectivity index (χ2v) is 9.63. The van der Waals surface area contributed by atoms with Crippen LogP contribution in [0.25, 0.3) is 37.9 Å². The first kappa shape index (κ1) is 17.6. The Balaban J connectivity index is 1.77. The summed E-state index contributed by atoms with van der Waals surface area (Å²) >= 11 is 1.70. The number of fused-ring (bicyclic) bond motifs is 6. The first-order valence-corrected chi connectivity index (χ1v) is 11.5. The summed E-state index contributed by atoms with van der Waals surface area (Å²) in [5.74, 6) is 0.407. The van der Waals surface area contributed by atoms with E-state index in [1.54, 1.807) is 11.3 Å². The first-order chi connectivity index (χ1) is 15.3. The summed E-state index contributed by atoms with van der Waals surface area (Å²) < 4.78 is 14.2. The summed E-state index contributed by atoms with van der Waals surface area (Å²) in [6.45, 7) is 8.16. The minimum Gasteiger partial charge on any atom is -0.302 e. The van der Waals surface area contributed by atoms with E-state index in [4.69, 9.17) is 11.3 Å². The number of hydrogen-bond acceptors (Lipinski definition) is 3. The number of imidazole rings is 1. The first-order valence-electron chi connectivity index (χ1n) is 11.1. The SMILES string of the molecule is [2H]C(C)(C)c1csc2c(-c3c4c(c5ccccc5c3C)-n3cc(C)nc3C4)[n+](C)cnc12. The zero-order valence-corrected chi connectivity index (χ0v) is 19.3. The molecule has 4 heterocycles. The summed E-state index contributed by atoms with van der Waals surface area (Å²) in [5, 5.41) is 4.65. The molecule has 6 rings (SSSR count). The molecule has 0 bridgehead atoms. The lowest BCUT2D eigenvalue weighted by molar-refractivity contribution is -0.662. The molecule has 0 saturated heterocycles. The summed E-state index contributed by atoms with van der Waals surface area (Å²) in [7, 11) is 2.08. The summed E-state index contributed by atoms with van der Waals surface area (Å²) in [6.07, 6.45) is 4.87. The Hall–Kier alpha value is -3.05. The highest BCUT2D eigenvalue weighted by atomic mass is 32.1. The number of thiophene rings is 1. The molecule has 4 nitrogen and oxygen atoms in total. The maximum atomic E-state index is 8.61. The van der Waals surface area contributed by atoms with E-state index in [2.05, 4.69) is 65.9 Å². The molecule has 0 radical (unpaired) electrons. The highest BCUT2D eigenvalue weighted by Gasteiger charge is 2.31. The Morgan fingerprint density at radius 1 is 1.19 bits per heavy atom. The van der Waals surface area contributed by atoms with Crippen LogP contribution in [-0.2, 0) is 13.5 Å². The third-order valence-electron chi connectivity index (χ3n) is 6.49. The van der Waals surface area contributed by atoms with Crippen LogP contribution < -0.4 is 4.57 Å². The van der Waals surface area contributed by atoms with Crippen molar-refractivity contribution < 1.29 is 5.94 Å². The van der Waals surface area contributed by atoms with Crippen LogP contribution in [-0.4, -0.2) is 14.5 Å². The minimum atomic E-state index is -0.692. The predicted molar refractivity (Wildman–Crippen MR) is 127 cm³/mol. The number of rotatable bonds is 2. The van der Waals surface area contributed by atoms with Gasteiger partial charge in [-0.2, -0.15) is 0 Å². The van der Waals surface area contributed by atoms with Crippen LogP contribution in [0.2, 0.25) is 0 Å². The van der Waals surface area contributed by atoms with Crippen LogP contribution >= 0.6 is 11.3 Å². The fourth-order valence-corrected chi connectivity index (χ4v) is 6.32. The van der Waals surface area contributed by atoms with E-state index in [-0.39, 0.29) is 0 Å². The van der Waals surface area contributed by atoms with Gasteiger partial charge in [-0.05, 0) is 46.6 Å². The minimum absolute atomic E-state index is 0.692. The molecule has 0 fully saturated rings. The van der Waals surface area contributed by atoms with Crippen molar-refractivity contribution in [1.29, 1.82) is 0 Å². The standard InChI is InChI=1S/C26H25N4S/c1-14(2)20-12-31-26-23(20)27-13-29(5)25(26)22-16(4)17-8-6-7-9-18(17)24-19(22)10-21-28-15(3)11-30(21)24/h6-9,11-14H,10H2,1-5H3/q+1/i14D. The summed E-state index contributed by atoms with van der Waals surface area (Å²) in [4.78, 5) is 9.58. The van der Waals surface area contributed by atoms with E-state index in [0.717, 1.165) is 33.7 Å². The Morgan fingerprint density at radius 3 is 2.74 bits per heavy atom. The van der Waals surface area contributed by atoms with Gasteiger partial charge in [0.05, 0.1) is 18.4 Å². The fourth-order valence-electron chi connectivity index (χ4n) is 5.11. The number of hydrogen-bond donors (Lipinski definition) is 0. The average molecular weight is 427 g/mol. The average Bonchev–Trinajstić information content (AvgIpc) is 3.41. The molecular weight excluding hydrogens is 400 g/mol. The quantitative estimate of drug-likeness (QED) is 0.329. The maximum Gasteiger partial charge on any atom is 0.287 e. The zero-order chi connectivity index (χ0) is 22.4. The van der Waals surface area contributed by atoms with Crippen LogP contribution in [0, 0.1) is 13.8 Å². The van der Waals surface area contributed by atoms with Crippen molar-refractivity contribution in [3.05, 3.63) is 70.4 Å². The number of aromatic nitrogens is 4. The molecule has 3 aromatic heterocycles. The van der Waals surface area contributed by atoms with Crippen molar-refractivity contribution in [2.45, 2.75) is 40.0 Å². The second kappa shape index (κ2) is 6.47. The van der Waals surface area contributed by atoms with Crippen LogP contribution in [0.4, 0.5) is 0 Å². The van der Waals surface area contributed by atoms with Crippen LogP contribution in [0.15, 0.2) is 42.2 Å². The molecule has 5 heteroatoms. The lowest BCUT2D eigenvalue weighted by atomic mass is 9.90. The van der Waals surface area contributed by atoms with Crippen molar-refractivity contribution >= 4 is 32.3 Å². The molecule has 0 atom stereocenters. The van der Waals surface area contributed by atoms with E-state index >= 15 is 0 Å². The van der Waals surface area contributed by atoms with Gasteiger partial charge in [-0.3, -0.25) is 0 Å². The van der Waals surface area contributed by atoms with Crippen LogP contribution in [0.3, 0.4) is 0 Å². The predicted octanol–water partition coefficient (Wildman–Crippen LogP) is 5.77. The largest absolute Gasteiger partial charge is 0.302 e. The highest BCUT2D eigenvalue weighted by molar-refractivity contribution is 7.17. The summed E-state index contributed by atoms with van der Waals surface area (Å²) in [5.41, 5.74) is 9.28. The monoisotopic (exact) mass is 426 g/mol. The smallest absolute Gasteiger partial charge is 0.287 e. The van der Waals surface area contributed by atoms with E-state index < -0.39 is 5.89 Å². The van der Waals surface area contributed by atoms with Gasteiger partial charge < -0.3 is 4.57 Å². The highest BCUT2D eigenvalue weighted by Crippen LogP contribution is 2.45. The molecule has 0 amide bonds. The fraction of sp³-hybridized carbons (Fsp3) is 0.269. The van der Waals surface area contributed by atoms with Gasteiger partial charge >= 0.3 is 0 Å². The van der Waals surface area contributed by atoms with Gasteiger partial charge in [0.2, 0.25) is 5.52 Å². The van der Waals surface area contributed by atoms with E-state index in [1.807, 2.05) is 20.2 Å². The summed E-state index contributed by atoms with van der Waals surface area (Å²) in [6, 6.07) is 8.69. The van der Waals surface area contributed by atoms with Crippen molar-refractivity contribution in [1.82, 2.24) is 14.5 Å². The van der Waals surface area contributed by atoms with Gasteiger partial charge in [-0.1, -0.05) is 38.1 Å². The molecule has 1 aliphatic rings. The molecule has 1 aliphatic heterocycles. The maximum absolute atomic E-state index is 8.61. The Labute approximate surface area is 187 Å². The molecule has 154 valence electrons. The molecule has 0 spiro atoms. The molecule has 0 unspecified atom stereocenters. The molecule has 2 aromatic carbocycles. The van der Waals surface area contributed by atoms with Crippen molar-refractivity contribution in [3.63, 3.8) is 0 Å². The van der Waals surface area contributed by atoms with Gasteiger partial charge in [0.15, 0.2) is 5.69 Å². The van der Waals surface area contributed by atoms with Crippen LogP contribution in [0.1, 0.15) is 49.3 Å². The van der Waals surface area contributed by atoms with Gasteiger partial charge in [-0.25, -0.2) is 9.55 Å². The van der Waals surface area contributed by atoms with Gasteiger partial charge in [0.1, 0.15) is 10.5 Å².